The van der Waals surface area contributed by atoms with Gasteiger partial charge in [0.05, 0.1) is 15.2 Å². The molecule has 2 heterocycles. The smallest absolute Gasteiger partial charge is 0.224 e. The van der Waals surface area contributed by atoms with E-state index in [0.717, 1.165) is 53.1 Å². The molecule has 0 fully saturated rings. The fourth-order valence-corrected chi connectivity index (χ4v) is 4.63. The number of nitrogens with zero attached hydrogens (tertiary/aromatic N) is 2. The van der Waals surface area contributed by atoms with Crippen molar-refractivity contribution in [2.45, 2.75) is 39.0 Å². The number of carbonyl (C=O) groups is 2. The maximum atomic E-state index is 12.2. The predicted octanol–water partition coefficient (Wildman–Crippen LogP) is 4.56. The van der Waals surface area contributed by atoms with Crippen LogP contribution in [0.2, 0.25) is 0 Å². The van der Waals surface area contributed by atoms with Crippen LogP contribution in [0.4, 0.5) is 11.4 Å². The molecule has 6 heteroatoms. The van der Waals surface area contributed by atoms with Gasteiger partial charge in [0, 0.05) is 31.3 Å². The van der Waals surface area contributed by atoms with E-state index < -0.39 is 0 Å². The molecule has 3 aromatic rings. The number of amides is 2. The zero-order chi connectivity index (χ0) is 19.5. The summed E-state index contributed by atoms with van der Waals surface area (Å²) in [5, 5.41) is 4.11. The number of hydrogen-bond acceptors (Lipinski definition) is 4. The van der Waals surface area contributed by atoms with Crippen LogP contribution >= 0.6 is 11.3 Å². The Bertz CT molecular complexity index is 995. The zero-order valence-corrected chi connectivity index (χ0v) is 16.7. The average Bonchev–Trinajstić information content (AvgIpc) is 3.28. The van der Waals surface area contributed by atoms with Crippen LogP contribution in [0.3, 0.4) is 0 Å². The molecule has 1 N–H and O–H groups in total. The van der Waals surface area contributed by atoms with Gasteiger partial charge in [-0.1, -0.05) is 12.1 Å². The standard InChI is InChI=1S/C22H23N3O2S/c1-15(26)25-13-12-16-14-17(10-11-19(16)25)23-21(27)8-4-5-9-22-24-18-6-2-3-7-20(18)28-22/h2-3,6-7,10-11,14H,4-5,8-9,12-13H2,1H3,(H,23,27). The molecule has 1 aliphatic rings. The molecule has 0 saturated heterocycles. The molecule has 0 radical (unpaired) electrons. The van der Waals surface area contributed by atoms with Crippen LogP contribution in [0.25, 0.3) is 10.2 Å². The highest BCUT2D eigenvalue weighted by molar-refractivity contribution is 7.18. The second-order valence-electron chi connectivity index (χ2n) is 7.09. The number of fused-ring (bicyclic) bond motifs is 2. The van der Waals surface area contributed by atoms with Gasteiger partial charge in [-0.2, -0.15) is 0 Å². The maximum Gasteiger partial charge on any atom is 0.224 e. The van der Waals surface area contributed by atoms with E-state index in [1.165, 1.54) is 4.70 Å². The van der Waals surface area contributed by atoms with E-state index >= 15 is 0 Å². The molecule has 4 rings (SSSR count). The van der Waals surface area contributed by atoms with Crippen molar-refractivity contribution >= 4 is 44.7 Å². The Labute approximate surface area is 168 Å². The number of aryl methyl sites for hydroxylation is 1. The van der Waals surface area contributed by atoms with Crippen LogP contribution in [-0.4, -0.2) is 23.3 Å². The topological polar surface area (TPSA) is 62.3 Å². The molecule has 2 aromatic carbocycles. The first-order valence-electron chi connectivity index (χ1n) is 9.65. The summed E-state index contributed by atoms with van der Waals surface area (Å²) in [6.45, 7) is 2.30. The second kappa shape index (κ2) is 8.10. The minimum absolute atomic E-state index is 0.0330. The van der Waals surface area contributed by atoms with E-state index in [1.807, 2.05) is 36.4 Å². The van der Waals surface area contributed by atoms with Crippen LogP contribution < -0.4 is 10.2 Å². The van der Waals surface area contributed by atoms with E-state index in [4.69, 9.17) is 0 Å². The summed E-state index contributed by atoms with van der Waals surface area (Å²) in [4.78, 5) is 30.3. The molecule has 0 aliphatic carbocycles. The third-order valence-electron chi connectivity index (χ3n) is 5.02. The third-order valence-corrected chi connectivity index (χ3v) is 6.12. The van der Waals surface area contributed by atoms with Crippen LogP contribution in [0.1, 0.15) is 36.8 Å². The van der Waals surface area contributed by atoms with Gasteiger partial charge in [-0.3, -0.25) is 9.59 Å². The lowest BCUT2D eigenvalue weighted by Crippen LogP contribution is -2.25. The molecule has 2 amide bonds. The summed E-state index contributed by atoms with van der Waals surface area (Å²) in [7, 11) is 0. The third kappa shape index (κ3) is 4.07. The Balaban J connectivity index is 1.25. The molecule has 1 aromatic heterocycles. The molecule has 0 unspecified atom stereocenters. The average molecular weight is 394 g/mol. The number of hydrogen-bond donors (Lipinski definition) is 1. The van der Waals surface area contributed by atoms with Crippen LogP contribution in [0.5, 0.6) is 0 Å². The van der Waals surface area contributed by atoms with Gasteiger partial charge >= 0.3 is 0 Å². The summed E-state index contributed by atoms with van der Waals surface area (Å²) in [6.07, 6.45) is 4.03. The Morgan fingerprint density at radius 1 is 1.18 bits per heavy atom. The number of thiazole rings is 1. The normalized spacial score (nSPS) is 13.0. The first-order valence-corrected chi connectivity index (χ1v) is 10.5. The number of anilines is 2. The van der Waals surface area contributed by atoms with Gasteiger partial charge in [-0.25, -0.2) is 4.98 Å². The number of para-hydroxylation sites is 1. The highest BCUT2D eigenvalue weighted by Gasteiger charge is 2.22. The Morgan fingerprint density at radius 3 is 2.86 bits per heavy atom. The van der Waals surface area contributed by atoms with Gasteiger partial charge in [-0.05, 0) is 61.6 Å². The van der Waals surface area contributed by atoms with Crippen LogP contribution in [0.15, 0.2) is 42.5 Å². The number of unbranched alkanes of at least 4 members (excludes halogenated alkanes) is 1. The van der Waals surface area contributed by atoms with Crippen molar-refractivity contribution < 1.29 is 9.59 Å². The minimum atomic E-state index is 0.0330. The van der Waals surface area contributed by atoms with E-state index in [-0.39, 0.29) is 11.8 Å². The summed E-state index contributed by atoms with van der Waals surface area (Å²) in [5.74, 6) is 0.0920. The van der Waals surface area contributed by atoms with Crippen LogP contribution in [0, 0.1) is 0 Å². The SMILES string of the molecule is CC(=O)N1CCc2cc(NC(=O)CCCCc3nc4ccccc4s3)ccc21. The highest BCUT2D eigenvalue weighted by atomic mass is 32.1. The molecule has 1 aliphatic heterocycles. The molecule has 144 valence electrons. The van der Waals surface area contributed by atoms with E-state index in [0.29, 0.717) is 13.0 Å². The molecular weight excluding hydrogens is 370 g/mol. The summed E-state index contributed by atoms with van der Waals surface area (Å²) >= 11 is 1.73. The van der Waals surface area contributed by atoms with Gasteiger partial charge in [0.15, 0.2) is 0 Å². The number of carbonyl (C=O) groups excluding carboxylic acids is 2. The monoisotopic (exact) mass is 393 g/mol. The number of nitrogens with one attached hydrogen (secondary N) is 1. The van der Waals surface area contributed by atoms with Crippen molar-refractivity contribution in [3.8, 4) is 0 Å². The van der Waals surface area contributed by atoms with E-state index in [9.17, 15) is 9.59 Å². The molecule has 0 spiro atoms. The lowest BCUT2D eigenvalue weighted by molar-refractivity contribution is -0.117. The summed E-state index contributed by atoms with van der Waals surface area (Å²) in [5.41, 5.74) is 3.94. The number of benzene rings is 2. The Morgan fingerprint density at radius 2 is 2.04 bits per heavy atom. The summed E-state index contributed by atoms with van der Waals surface area (Å²) in [6, 6.07) is 14.0. The summed E-state index contributed by atoms with van der Waals surface area (Å²) < 4.78 is 1.22. The van der Waals surface area contributed by atoms with Crippen molar-refractivity contribution in [3.05, 3.63) is 53.0 Å². The molecule has 5 nitrogen and oxygen atoms in total. The number of rotatable bonds is 6. The maximum absolute atomic E-state index is 12.2. The van der Waals surface area contributed by atoms with Gasteiger partial charge < -0.3 is 10.2 Å². The fraction of sp³-hybridized carbons (Fsp3) is 0.318. The molecule has 0 saturated carbocycles. The Hall–Kier alpha value is -2.73. The van der Waals surface area contributed by atoms with Crippen molar-refractivity contribution in [1.29, 1.82) is 0 Å². The minimum Gasteiger partial charge on any atom is -0.326 e. The first-order chi connectivity index (χ1) is 13.6. The largest absolute Gasteiger partial charge is 0.326 e. The molecular formula is C22H23N3O2S. The molecule has 0 bridgehead atoms. The van der Waals surface area contributed by atoms with Crippen molar-refractivity contribution in [2.75, 3.05) is 16.8 Å². The number of aromatic nitrogens is 1. The second-order valence-corrected chi connectivity index (χ2v) is 8.21. The van der Waals surface area contributed by atoms with Gasteiger partial charge in [0.25, 0.3) is 0 Å². The van der Waals surface area contributed by atoms with E-state index in [2.05, 4.69) is 16.4 Å². The van der Waals surface area contributed by atoms with Crippen molar-refractivity contribution in [3.63, 3.8) is 0 Å². The predicted molar refractivity (Wildman–Crippen MR) is 114 cm³/mol. The van der Waals surface area contributed by atoms with Gasteiger partial charge in [0.2, 0.25) is 11.8 Å². The van der Waals surface area contributed by atoms with Gasteiger partial charge in [-0.15, -0.1) is 11.3 Å². The Kier molecular flexibility index (Phi) is 5.39. The first kappa shape index (κ1) is 18.6. The molecule has 0 atom stereocenters. The van der Waals surface area contributed by atoms with Crippen LogP contribution in [-0.2, 0) is 22.4 Å². The quantitative estimate of drug-likeness (QED) is 0.625. The van der Waals surface area contributed by atoms with E-state index in [1.54, 1.807) is 23.2 Å². The lowest BCUT2D eigenvalue weighted by Gasteiger charge is -2.15. The van der Waals surface area contributed by atoms with Crippen molar-refractivity contribution in [1.82, 2.24) is 4.98 Å². The highest BCUT2D eigenvalue weighted by Crippen LogP contribution is 2.30. The zero-order valence-electron chi connectivity index (χ0n) is 15.9. The van der Waals surface area contributed by atoms with Crippen molar-refractivity contribution in [2.24, 2.45) is 0 Å². The molecule has 28 heavy (non-hydrogen) atoms. The fourth-order valence-electron chi connectivity index (χ4n) is 3.62. The lowest BCUT2D eigenvalue weighted by atomic mass is 10.1. The van der Waals surface area contributed by atoms with Gasteiger partial charge in [0.1, 0.15) is 0 Å².